The van der Waals surface area contributed by atoms with E-state index in [1.807, 2.05) is 30.3 Å². The van der Waals surface area contributed by atoms with Crippen molar-refractivity contribution in [1.82, 2.24) is 0 Å². The summed E-state index contributed by atoms with van der Waals surface area (Å²) in [4.78, 5) is 11.9. The van der Waals surface area contributed by atoms with Gasteiger partial charge in [-0.15, -0.1) is 0 Å². The van der Waals surface area contributed by atoms with Crippen LogP contribution in [0.25, 0.3) is 5.57 Å². The van der Waals surface area contributed by atoms with Crippen molar-refractivity contribution in [3.8, 4) is 0 Å². The average molecular weight is 214 g/mol. The molecule has 2 rings (SSSR count). The Labute approximate surface area is 97.2 Å². The summed E-state index contributed by atoms with van der Waals surface area (Å²) >= 11 is 0. The highest BCUT2D eigenvalue weighted by atomic mass is 16.1. The van der Waals surface area contributed by atoms with Crippen LogP contribution in [0.2, 0.25) is 0 Å². The summed E-state index contributed by atoms with van der Waals surface area (Å²) in [6.45, 7) is 2.19. The minimum atomic E-state index is 0.331. The van der Waals surface area contributed by atoms with Crippen molar-refractivity contribution in [2.45, 2.75) is 39.0 Å². The third-order valence-corrected chi connectivity index (χ3v) is 3.18. The van der Waals surface area contributed by atoms with E-state index in [4.69, 9.17) is 0 Å². The predicted molar refractivity (Wildman–Crippen MR) is 67.1 cm³/mol. The highest BCUT2D eigenvalue weighted by molar-refractivity contribution is 6.23. The van der Waals surface area contributed by atoms with Crippen molar-refractivity contribution in [2.75, 3.05) is 0 Å². The summed E-state index contributed by atoms with van der Waals surface area (Å²) in [5.41, 5.74) is 3.49. The smallest absolute Gasteiger partial charge is 0.163 e. The first-order valence-electron chi connectivity index (χ1n) is 6.13. The molecule has 0 saturated carbocycles. The van der Waals surface area contributed by atoms with Crippen molar-refractivity contribution in [3.63, 3.8) is 0 Å². The molecule has 1 aromatic carbocycles. The maximum atomic E-state index is 11.9. The van der Waals surface area contributed by atoms with Crippen LogP contribution in [0.3, 0.4) is 0 Å². The Kier molecular flexibility index (Phi) is 3.55. The van der Waals surface area contributed by atoms with Crippen LogP contribution in [0.4, 0.5) is 0 Å². The normalized spacial score (nSPS) is 15.9. The van der Waals surface area contributed by atoms with Crippen LogP contribution in [0, 0.1) is 0 Å². The summed E-state index contributed by atoms with van der Waals surface area (Å²) in [7, 11) is 0. The van der Waals surface area contributed by atoms with Gasteiger partial charge in [0.15, 0.2) is 5.78 Å². The van der Waals surface area contributed by atoms with E-state index in [0.29, 0.717) is 12.2 Å². The van der Waals surface area contributed by atoms with Gasteiger partial charge in [-0.1, -0.05) is 49.2 Å². The van der Waals surface area contributed by atoms with Crippen LogP contribution in [0.5, 0.6) is 0 Å². The van der Waals surface area contributed by atoms with E-state index in [-0.39, 0.29) is 0 Å². The molecule has 0 fully saturated rings. The number of rotatable bonds is 4. The molecule has 0 amide bonds. The average Bonchev–Trinajstić information content (AvgIpc) is 2.69. The molecule has 0 N–H and O–H groups in total. The van der Waals surface area contributed by atoms with Crippen LogP contribution < -0.4 is 0 Å². The van der Waals surface area contributed by atoms with Gasteiger partial charge in [-0.05, 0) is 24.8 Å². The minimum absolute atomic E-state index is 0.331. The molecule has 0 bridgehead atoms. The third-order valence-electron chi connectivity index (χ3n) is 3.18. The highest BCUT2D eigenvalue weighted by Crippen LogP contribution is 2.33. The molecular weight excluding hydrogens is 196 g/mol. The number of ketones is 1. The Morgan fingerprint density at radius 3 is 2.56 bits per heavy atom. The summed E-state index contributed by atoms with van der Waals surface area (Å²) in [5.74, 6) is 0.331. The zero-order valence-corrected chi connectivity index (χ0v) is 9.83. The topological polar surface area (TPSA) is 17.1 Å². The Morgan fingerprint density at radius 2 is 1.88 bits per heavy atom. The first-order valence-corrected chi connectivity index (χ1v) is 6.13. The highest BCUT2D eigenvalue weighted by Gasteiger charge is 2.23. The molecular formula is C15H18O. The van der Waals surface area contributed by atoms with Crippen LogP contribution in [0.15, 0.2) is 35.9 Å². The molecule has 1 aromatic rings. The zero-order chi connectivity index (χ0) is 11.4. The van der Waals surface area contributed by atoms with E-state index < -0.39 is 0 Å². The van der Waals surface area contributed by atoms with Gasteiger partial charge in [0.25, 0.3) is 0 Å². The fourth-order valence-corrected chi connectivity index (χ4v) is 2.32. The number of allylic oxidation sites excluding steroid dienone is 2. The predicted octanol–water partition coefficient (Wildman–Crippen LogP) is 3.99. The number of benzene rings is 1. The monoisotopic (exact) mass is 214 g/mol. The molecule has 16 heavy (non-hydrogen) atoms. The standard InChI is InChI=1S/C15H18O/c1-2-3-7-13-10-11-14(16)15(13)12-8-5-4-6-9-12/h4-6,8-9H,2-3,7,10-11H2,1H3. The lowest BCUT2D eigenvalue weighted by molar-refractivity contribution is -0.113. The SMILES string of the molecule is CCCCC1=C(c2ccccc2)C(=O)CC1. The molecule has 0 heterocycles. The Balaban J connectivity index is 2.30. The van der Waals surface area contributed by atoms with Gasteiger partial charge in [-0.2, -0.15) is 0 Å². The van der Waals surface area contributed by atoms with Crippen LogP contribution in [0.1, 0.15) is 44.6 Å². The van der Waals surface area contributed by atoms with Gasteiger partial charge >= 0.3 is 0 Å². The summed E-state index contributed by atoms with van der Waals surface area (Å²) in [6, 6.07) is 10.1. The number of unbranched alkanes of at least 4 members (excludes halogenated alkanes) is 1. The Morgan fingerprint density at radius 1 is 1.12 bits per heavy atom. The second-order valence-electron chi connectivity index (χ2n) is 4.37. The van der Waals surface area contributed by atoms with E-state index in [0.717, 1.165) is 24.0 Å². The quantitative estimate of drug-likeness (QED) is 0.740. The van der Waals surface area contributed by atoms with E-state index in [1.165, 1.54) is 18.4 Å². The number of hydrogen-bond donors (Lipinski definition) is 0. The molecule has 0 aromatic heterocycles. The molecule has 1 nitrogen and oxygen atoms in total. The fourth-order valence-electron chi connectivity index (χ4n) is 2.32. The maximum absolute atomic E-state index is 11.9. The minimum Gasteiger partial charge on any atom is -0.294 e. The molecule has 0 saturated heterocycles. The summed E-state index contributed by atoms with van der Waals surface area (Å²) in [5, 5.41) is 0. The van der Waals surface area contributed by atoms with E-state index in [1.54, 1.807) is 0 Å². The van der Waals surface area contributed by atoms with Gasteiger partial charge in [0.2, 0.25) is 0 Å². The molecule has 1 heteroatoms. The van der Waals surface area contributed by atoms with E-state index in [2.05, 4.69) is 6.92 Å². The first-order chi connectivity index (χ1) is 7.83. The van der Waals surface area contributed by atoms with Crippen LogP contribution in [-0.4, -0.2) is 5.78 Å². The van der Waals surface area contributed by atoms with Crippen LogP contribution >= 0.6 is 0 Å². The van der Waals surface area contributed by atoms with E-state index in [9.17, 15) is 4.79 Å². The maximum Gasteiger partial charge on any atom is 0.163 e. The van der Waals surface area contributed by atoms with E-state index >= 15 is 0 Å². The Bertz CT molecular complexity index is 401. The second kappa shape index (κ2) is 5.11. The molecule has 0 unspecified atom stereocenters. The summed E-state index contributed by atoms with van der Waals surface area (Å²) in [6.07, 6.45) is 5.16. The number of hydrogen-bond acceptors (Lipinski definition) is 1. The molecule has 1 aliphatic rings. The number of carbonyl (C=O) groups is 1. The largest absolute Gasteiger partial charge is 0.294 e. The van der Waals surface area contributed by atoms with Gasteiger partial charge in [0.05, 0.1) is 0 Å². The van der Waals surface area contributed by atoms with Crippen molar-refractivity contribution >= 4 is 11.4 Å². The number of Topliss-reactive ketones (excluding diaryl/α,β-unsaturated/α-hetero) is 1. The van der Waals surface area contributed by atoms with Crippen molar-refractivity contribution in [1.29, 1.82) is 0 Å². The molecule has 1 aliphatic carbocycles. The summed E-state index contributed by atoms with van der Waals surface area (Å²) < 4.78 is 0. The van der Waals surface area contributed by atoms with Crippen molar-refractivity contribution in [2.24, 2.45) is 0 Å². The molecule has 0 radical (unpaired) electrons. The Hall–Kier alpha value is -1.37. The lowest BCUT2D eigenvalue weighted by atomic mass is 9.98. The second-order valence-corrected chi connectivity index (χ2v) is 4.37. The first kappa shape index (κ1) is 11.1. The van der Waals surface area contributed by atoms with Crippen molar-refractivity contribution in [3.05, 3.63) is 41.5 Å². The molecule has 0 atom stereocenters. The van der Waals surface area contributed by atoms with Gasteiger partial charge < -0.3 is 0 Å². The van der Waals surface area contributed by atoms with Gasteiger partial charge in [-0.3, -0.25) is 4.79 Å². The van der Waals surface area contributed by atoms with Gasteiger partial charge in [0, 0.05) is 12.0 Å². The lowest BCUT2D eigenvalue weighted by Crippen LogP contribution is -1.95. The van der Waals surface area contributed by atoms with Gasteiger partial charge in [0.1, 0.15) is 0 Å². The molecule has 0 spiro atoms. The zero-order valence-electron chi connectivity index (χ0n) is 9.83. The molecule has 0 aliphatic heterocycles. The van der Waals surface area contributed by atoms with Crippen LogP contribution in [-0.2, 0) is 4.79 Å². The number of carbonyl (C=O) groups excluding carboxylic acids is 1. The molecule has 84 valence electrons. The lowest BCUT2D eigenvalue weighted by Gasteiger charge is -2.05. The fraction of sp³-hybridized carbons (Fsp3) is 0.400. The van der Waals surface area contributed by atoms with Gasteiger partial charge in [-0.25, -0.2) is 0 Å². The third kappa shape index (κ3) is 2.24. The van der Waals surface area contributed by atoms with Crippen molar-refractivity contribution < 1.29 is 4.79 Å².